The average molecular weight is 384 g/mol. The second-order valence-corrected chi connectivity index (χ2v) is 12.1. The van der Waals surface area contributed by atoms with Crippen LogP contribution in [0.3, 0.4) is 0 Å². The highest BCUT2D eigenvalue weighted by atomic mass is 14.9. The molecule has 5 rings (SSSR count). The number of nitrogens with one attached hydrogen (secondary N) is 1. The summed E-state index contributed by atoms with van der Waals surface area (Å²) < 4.78 is 0. The van der Waals surface area contributed by atoms with Gasteiger partial charge in [-0.2, -0.15) is 0 Å². The maximum absolute atomic E-state index is 3.85. The smallest absolute Gasteiger partial charge is 0.00698 e. The zero-order valence-electron chi connectivity index (χ0n) is 19.1. The first kappa shape index (κ1) is 19.7. The molecule has 1 nitrogen and oxygen atoms in total. The van der Waals surface area contributed by atoms with Crippen molar-refractivity contribution < 1.29 is 0 Å². The first-order valence-corrected chi connectivity index (χ1v) is 12.9. The maximum atomic E-state index is 3.85. The van der Waals surface area contributed by atoms with Gasteiger partial charge in [0.2, 0.25) is 0 Å². The zero-order chi connectivity index (χ0) is 19.5. The molecule has 0 bridgehead atoms. The third-order valence-electron chi connectivity index (χ3n) is 10.7. The minimum Gasteiger partial charge on any atom is -0.314 e. The van der Waals surface area contributed by atoms with Gasteiger partial charge >= 0.3 is 0 Å². The van der Waals surface area contributed by atoms with Crippen LogP contribution in [-0.2, 0) is 0 Å². The molecule has 0 aromatic rings. The van der Waals surface area contributed by atoms with Crippen molar-refractivity contribution in [1.29, 1.82) is 0 Å². The van der Waals surface area contributed by atoms with Crippen molar-refractivity contribution in [1.82, 2.24) is 5.32 Å². The van der Waals surface area contributed by atoms with E-state index in [1.54, 1.807) is 0 Å². The Kier molecular flexibility index (Phi) is 5.22. The van der Waals surface area contributed by atoms with Crippen molar-refractivity contribution in [2.24, 2.45) is 52.8 Å². The molecule has 1 N–H and O–H groups in total. The Morgan fingerprint density at radius 2 is 1.86 bits per heavy atom. The van der Waals surface area contributed by atoms with Crippen LogP contribution in [0.4, 0.5) is 0 Å². The van der Waals surface area contributed by atoms with Crippen molar-refractivity contribution >= 4 is 0 Å². The molecular weight excluding hydrogens is 338 g/mol. The lowest BCUT2D eigenvalue weighted by atomic mass is 9.54. The predicted molar refractivity (Wildman–Crippen MR) is 119 cm³/mol. The van der Waals surface area contributed by atoms with E-state index >= 15 is 0 Å². The highest BCUT2D eigenvalue weighted by Gasteiger charge is 2.59. The van der Waals surface area contributed by atoms with E-state index < -0.39 is 0 Å². The van der Waals surface area contributed by atoms with Crippen LogP contribution in [-0.4, -0.2) is 12.6 Å². The van der Waals surface area contributed by atoms with Crippen LogP contribution in [0.1, 0.15) is 91.9 Å². The number of fused-ring (bicyclic) bond motifs is 5. The first-order chi connectivity index (χ1) is 13.5. The summed E-state index contributed by atoms with van der Waals surface area (Å²) in [5.41, 5.74) is 2.40. The predicted octanol–water partition coefficient (Wildman–Crippen LogP) is 6.84. The standard InChI is InChI=1S/C27H45N/c1-17-12-13-27(4)21(15-17)9-11-24-23-10-8-20(16-22-7-5-6-14-28-22)18(2)25(23)19(3)26(24)27/h9,17-20,22-26,28H,5-8,10-16H2,1-4H3. The summed E-state index contributed by atoms with van der Waals surface area (Å²) in [6.45, 7) is 11.8. The number of hydrogen-bond donors (Lipinski definition) is 1. The fourth-order valence-electron chi connectivity index (χ4n) is 9.42. The molecule has 4 fully saturated rings. The largest absolute Gasteiger partial charge is 0.314 e. The second kappa shape index (κ2) is 7.44. The summed E-state index contributed by atoms with van der Waals surface area (Å²) in [6, 6.07) is 0.822. The molecule has 1 aliphatic heterocycles. The van der Waals surface area contributed by atoms with Crippen LogP contribution in [0.5, 0.6) is 0 Å². The summed E-state index contributed by atoms with van der Waals surface area (Å²) in [5.74, 6) is 7.78. The highest BCUT2D eigenvalue weighted by molar-refractivity contribution is 5.26. The molecular formula is C27H45N. The first-order valence-electron chi connectivity index (χ1n) is 12.9. The van der Waals surface area contributed by atoms with E-state index in [9.17, 15) is 0 Å². The summed E-state index contributed by atoms with van der Waals surface area (Å²) in [7, 11) is 0. The van der Waals surface area contributed by atoms with Gasteiger partial charge in [0.15, 0.2) is 0 Å². The van der Waals surface area contributed by atoms with Gasteiger partial charge in [0.25, 0.3) is 0 Å². The fraction of sp³-hybridized carbons (Fsp3) is 0.926. The Morgan fingerprint density at radius 1 is 1.00 bits per heavy atom. The van der Waals surface area contributed by atoms with Gasteiger partial charge in [-0.15, -0.1) is 0 Å². The van der Waals surface area contributed by atoms with Crippen LogP contribution < -0.4 is 5.32 Å². The Hall–Kier alpha value is -0.300. The van der Waals surface area contributed by atoms with E-state index in [-0.39, 0.29) is 0 Å². The molecule has 10 atom stereocenters. The molecule has 3 saturated carbocycles. The molecule has 0 radical (unpaired) electrons. The van der Waals surface area contributed by atoms with Gasteiger partial charge in [0.05, 0.1) is 0 Å². The monoisotopic (exact) mass is 383 g/mol. The number of allylic oxidation sites excluding steroid dienone is 2. The van der Waals surface area contributed by atoms with Crippen molar-refractivity contribution in [2.75, 3.05) is 6.54 Å². The van der Waals surface area contributed by atoms with E-state index in [0.29, 0.717) is 5.41 Å². The molecule has 5 aliphatic rings. The van der Waals surface area contributed by atoms with Gasteiger partial charge < -0.3 is 5.32 Å². The van der Waals surface area contributed by atoms with Gasteiger partial charge in [-0.3, -0.25) is 0 Å². The molecule has 158 valence electrons. The van der Waals surface area contributed by atoms with Gasteiger partial charge in [-0.05, 0) is 117 Å². The molecule has 0 aromatic carbocycles. The van der Waals surface area contributed by atoms with Gasteiger partial charge in [-0.1, -0.05) is 45.8 Å². The molecule has 28 heavy (non-hydrogen) atoms. The lowest BCUT2D eigenvalue weighted by Crippen LogP contribution is -2.41. The number of hydrogen-bond acceptors (Lipinski definition) is 1. The molecule has 10 unspecified atom stereocenters. The Bertz CT molecular complexity index is 601. The van der Waals surface area contributed by atoms with Crippen molar-refractivity contribution in [3.63, 3.8) is 0 Å². The quantitative estimate of drug-likeness (QED) is 0.515. The zero-order valence-corrected chi connectivity index (χ0v) is 19.1. The summed E-state index contributed by atoms with van der Waals surface area (Å²) in [5, 5.41) is 3.85. The Morgan fingerprint density at radius 3 is 2.64 bits per heavy atom. The maximum Gasteiger partial charge on any atom is 0.00698 e. The number of rotatable bonds is 2. The van der Waals surface area contributed by atoms with Crippen molar-refractivity contribution in [3.05, 3.63) is 11.6 Å². The molecule has 0 spiro atoms. The van der Waals surface area contributed by atoms with E-state index in [2.05, 4.69) is 39.1 Å². The SMILES string of the molecule is CC1CCC2(C)C(=CCC3C4CCC(CC5CCCCN5)C(C)C4C(C)C32)C1. The molecule has 0 aromatic heterocycles. The topological polar surface area (TPSA) is 12.0 Å². The van der Waals surface area contributed by atoms with E-state index in [1.807, 2.05) is 5.57 Å². The Labute approximate surface area is 174 Å². The molecule has 0 amide bonds. The normalized spacial score (nSPS) is 53.7. The van der Waals surface area contributed by atoms with E-state index in [0.717, 1.165) is 53.4 Å². The molecule has 4 aliphatic carbocycles. The lowest BCUT2D eigenvalue weighted by molar-refractivity contribution is 0.0687. The summed E-state index contributed by atoms with van der Waals surface area (Å²) in [6.07, 6.45) is 17.3. The van der Waals surface area contributed by atoms with E-state index in [1.165, 1.54) is 70.8 Å². The van der Waals surface area contributed by atoms with Crippen molar-refractivity contribution in [2.45, 2.75) is 97.9 Å². The van der Waals surface area contributed by atoms with Gasteiger partial charge in [0, 0.05) is 6.04 Å². The highest BCUT2D eigenvalue weighted by Crippen LogP contribution is 2.67. The molecule has 1 saturated heterocycles. The van der Waals surface area contributed by atoms with Crippen LogP contribution >= 0.6 is 0 Å². The third-order valence-corrected chi connectivity index (χ3v) is 10.7. The van der Waals surface area contributed by atoms with Crippen LogP contribution in [0.25, 0.3) is 0 Å². The van der Waals surface area contributed by atoms with Gasteiger partial charge in [-0.25, -0.2) is 0 Å². The van der Waals surface area contributed by atoms with Crippen LogP contribution in [0.2, 0.25) is 0 Å². The minimum absolute atomic E-state index is 0.534. The van der Waals surface area contributed by atoms with Crippen LogP contribution in [0.15, 0.2) is 11.6 Å². The second-order valence-electron chi connectivity index (χ2n) is 12.1. The minimum atomic E-state index is 0.534. The summed E-state index contributed by atoms with van der Waals surface area (Å²) >= 11 is 0. The molecule has 1 heterocycles. The molecule has 1 heteroatoms. The lowest BCUT2D eigenvalue weighted by Gasteiger charge is -2.50. The average Bonchev–Trinajstić information content (AvgIpc) is 2.99. The van der Waals surface area contributed by atoms with Crippen molar-refractivity contribution in [3.8, 4) is 0 Å². The van der Waals surface area contributed by atoms with Crippen LogP contribution in [0, 0.1) is 52.8 Å². The summed E-state index contributed by atoms with van der Waals surface area (Å²) in [4.78, 5) is 0. The fourth-order valence-corrected chi connectivity index (χ4v) is 9.42. The van der Waals surface area contributed by atoms with Gasteiger partial charge in [0.1, 0.15) is 0 Å². The number of piperidine rings is 1. The van der Waals surface area contributed by atoms with E-state index in [4.69, 9.17) is 0 Å². The third kappa shape index (κ3) is 3.05. The Balaban J connectivity index is 1.35.